The molecule has 11 nitrogen and oxygen atoms in total. The van der Waals surface area contributed by atoms with Gasteiger partial charge in [0.15, 0.2) is 0 Å². The fraction of sp³-hybridized carbons (Fsp3) is 0.368. The number of anilines is 6. The maximum absolute atomic E-state index is 11.8. The molecule has 7 rings (SSSR count). The van der Waals surface area contributed by atoms with Gasteiger partial charge in [0, 0.05) is 141 Å². The van der Waals surface area contributed by atoms with Crippen molar-refractivity contribution in [3.8, 4) is 0 Å². The molecule has 85 heavy (non-hydrogen) atoms. The number of amides is 5. The summed E-state index contributed by atoms with van der Waals surface area (Å²) in [7, 11) is 9.02. The van der Waals surface area contributed by atoms with Gasteiger partial charge in [0.05, 0.1) is 0 Å². The molecule has 1 aliphatic heterocycles. The average molecular weight is 1550 g/mol. The zero-order valence-electron chi connectivity index (χ0n) is 51.5. The summed E-state index contributed by atoms with van der Waals surface area (Å²) >= 11 is 20.2. The molecule has 0 aliphatic carbocycles. The smallest absolute Gasteiger partial charge is 0.226 e. The number of hydrogen-bond donors (Lipinski definition) is 0. The number of hydrogen-bond acceptors (Lipinski definition) is 6. The van der Waals surface area contributed by atoms with Gasteiger partial charge >= 0.3 is 0 Å². The highest BCUT2D eigenvalue weighted by Gasteiger charge is 2.17. The van der Waals surface area contributed by atoms with Crippen molar-refractivity contribution in [1.29, 1.82) is 0 Å². The summed E-state index contributed by atoms with van der Waals surface area (Å²) in [6.45, 7) is 19.2. The Morgan fingerprint density at radius 2 is 0.741 bits per heavy atom. The molecule has 0 bridgehead atoms. The van der Waals surface area contributed by atoms with Crippen molar-refractivity contribution in [1.82, 2.24) is 0 Å². The standard InChI is InChI=1S/C13H18BrNO.2C12H16BrNO.C11H14BrNO.C11H12BrN.C9H10BrNO/c1-10(2)4-9-13(16)15(3)12-7-5-11(14)6-8-12;1-9(2)8-12(15)14(3)11-6-4-10(13)5-7-11;1-3-4-5-12(15)14(2)11-8-6-10(13)7-9-11;1-3-4-11(14)13(2)10-7-5-9(12)6-8-10;1-9-3-2-8-13(9)11-6-4-10(12)5-7-11;1-7(12)11(2)9-5-3-8(10)4-6-9/h5-8,10H,4,9H2,1-3H3;4-7,9H,8H2,1-3H3;6-9H,3-5H2,1-2H3;5-8H,3-4H2,1-2H3;4-7H,1-3,8H2;3-6H,1-2H3. The minimum absolute atomic E-state index is 0.0392. The Bertz CT molecular complexity index is 2940. The number of unbranched alkanes of at least 4 members (excludes halogenated alkanes) is 1. The molecule has 0 saturated carbocycles. The molecule has 0 aromatic heterocycles. The van der Waals surface area contributed by atoms with Crippen LogP contribution in [0.3, 0.4) is 0 Å². The fourth-order valence-corrected chi connectivity index (χ4v) is 9.28. The van der Waals surface area contributed by atoms with E-state index in [9.17, 15) is 24.0 Å². The predicted molar refractivity (Wildman–Crippen MR) is 381 cm³/mol. The number of rotatable bonds is 16. The number of carbonyl (C=O) groups excluding carboxylic acids is 5. The molecule has 0 radical (unpaired) electrons. The van der Waals surface area contributed by atoms with Gasteiger partial charge in [0.2, 0.25) is 29.5 Å². The van der Waals surface area contributed by atoms with Gasteiger partial charge in [-0.05, 0) is 190 Å². The summed E-state index contributed by atoms with van der Waals surface area (Å²) < 4.78 is 6.25. The van der Waals surface area contributed by atoms with Gasteiger partial charge in [-0.15, -0.1) is 0 Å². The van der Waals surface area contributed by atoms with Crippen molar-refractivity contribution in [2.75, 3.05) is 71.2 Å². The molecular weight excluding hydrogens is 1460 g/mol. The molecule has 1 saturated heterocycles. The zero-order valence-corrected chi connectivity index (χ0v) is 61.0. The topological polar surface area (TPSA) is 105 Å². The highest BCUT2D eigenvalue weighted by molar-refractivity contribution is 9.11. The summed E-state index contributed by atoms with van der Waals surface area (Å²) in [5, 5.41) is 0. The molecule has 17 heteroatoms. The van der Waals surface area contributed by atoms with E-state index in [2.05, 4.69) is 152 Å². The highest BCUT2D eigenvalue weighted by atomic mass is 79.9. The van der Waals surface area contributed by atoms with Crippen LogP contribution in [-0.4, -0.2) is 71.3 Å². The van der Waals surface area contributed by atoms with Crippen LogP contribution in [-0.2, 0) is 24.0 Å². The molecule has 0 unspecified atom stereocenters. The second-order valence-corrected chi connectivity index (χ2v) is 26.4. The highest BCUT2D eigenvalue weighted by Crippen LogP contribution is 2.28. The van der Waals surface area contributed by atoms with Crippen molar-refractivity contribution in [3.05, 3.63) is 185 Å². The van der Waals surface area contributed by atoms with Gasteiger partial charge in [-0.1, -0.05) is 150 Å². The van der Waals surface area contributed by atoms with E-state index in [0.29, 0.717) is 37.5 Å². The van der Waals surface area contributed by atoms with Gasteiger partial charge in [0.1, 0.15) is 0 Å². The summed E-state index contributed by atoms with van der Waals surface area (Å²) in [6, 6.07) is 47.0. The van der Waals surface area contributed by atoms with Crippen molar-refractivity contribution >= 4 is 159 Å². The maximum atomic E-state index is 11.8. The van der Waals surface area contributed by atoms with Gasteiger partial charge in [0.25, 0.3) is 0 Å². The molecular formula is C68H86Br6N6O5. The predicted octanol–water partition coefficient (Wildman–Crippen LogP) is 20.1. The van der Waals surface area contributed by atoms with E-state index in [1.165, 1.54) is 17.8 Å². The van der Waals surface area contributed by atoms with Crippen molar-refractivity contribution in [2.45, 2.75) is 113 Å². The zero-order chi connectivity index (χ0) is 63.8. The Morgan fingerprint density at radius 3 is 1.02 bits per heavy atom. The number of carbonyl (C=O) groups is 5. The van der Waals surface area contributed by atoms with Crippen LogP contribution in [0, 0.1) is 11.8 Å². The lowest BCUT2D eigenvalue weighted by Crippen LogP contribution is -2.27. The molecule has 0 N–H and O–H groups in total. The monoisotopic (exact) mass is 1540 g/mol. The third kappa shape index (κ3) is 30.0. The first kappa shape index (κ1) is 76.2. The Labute approximate surface area is 558 Å². The first-order chi connectivity index (χ1) is 40.2. The number of nitrogens with zero attached hydrogens (tertiary/aromatic N) is 6. The minimum Gasteiger partial charge on any atom is -0.346 e. The Balaban J connectivity index is 0.000000349. The summed E-state index contributed by atoms with van der Waals surface area (Å²) in [5.74, 6) is 1.69. The minimum atomic E-state index is 0.0392. The Hall–Kier alpha value is -4.91. The second kappa shape index (κ2) is 41.3. The van der Waals surface area contributed by atoms with E-state index in [1.807, 2.05) is 163 Å². The van der Waals surface area contributed by atoms with E-state index in [4.69, 9.17) is 0 Å². The van der Waals surface area contributed by atoms with Crippen molar-refractivity contribution in [3.63, 3.8) is 0 Å². The molecule has 1 heterocycles. The van der Waals surface area contributed by atoms with E-state index in [-0.39, 0.29) is 29.5 Å². The van der Waals surface area contributed by atoms with Crippen LogP contribution in [0.1, 0.15) is 113 Å². The number of allylic oxidation sites excluding steroid dienone is 1. The van der Waals surface area contributed by atoms with E-state index in [0.717, 1.165) is 93.9 Å². The quantitative estimate of drug-likeness (QED) is 0.0956. The van der Waals surface area contributed by atoms with E-state index in [1.54, 1.807) is 45.5 Å². The van der Waals surface area contributed by atoms with Crippen molar-refractivity contribution in [2.24, 2.45) is 11.8 Å². The van der Waals surface area contributed by atoms with Crippen LogP contribution in [0.15, 0.2) is 185 Å². The van der Waals surface area contributed by atoms with E-state index < -0.39 is 0 Å². The van der Waals surface area contributed by atoms with Gasteiger partial charge < -0.3 is 29.4 Å². The lowest BCUT2D eigenvalue weighted by molar-refractivity contribution is -0.119. The van der Waals surface area contributed by atoms with Crippen LogP contribution < -0.4 is 29.4 Å². The maximum Gasteiger partial charge on any atom is 0.226 e. The third-order valence-electron chi connectivity index (χ3n) is 13.1. The number of halogens is 6. The molecule has 0 atom stereocenters. The van der Waals surface area contributed by atoms with Gasteiger partial charge in [-0.25, -0.2) is 0 Å². The van der Waals surface area contributed by atoms with E-state index >= 15 is 0 Å². The molecule has 1 aliphatic rings. The van der Waals surface area contributed by atoms with Crippen LogP contribution in [0.2, 0.25) is 0 Å². The summed E-state index contributed by atoms with van der Waals surface area (Å²) in [5.41, 5.74) is 7.16. The molecule has 6 aromatic rings. The largest absolute Gasteiger partial charge is 0.346 e. The normalized spacial score (nSPS) is 11.2. The SMILES string of the molecule is C=C1CCCN1c1ccc(Br)cc1.CC(=O)N(C)c1ccc(Br)cc1.CC(C)CC(=O)N(C)c1ccc(Br)cc1.CC(C)CCC(=O)N(C)c1ccc(Br)cc1.CCCC(=O)N(C)c1ccc(Br)cc1.CCCCC(=O)N(C)c1ccc(Br)cc1. The molecule has 1 fully saturated rings. The summed E-state index contributed by atoms with van der Waals surface area (Å²) in [6.07, 6.45) is 8.65. The van der Waals surface area contributed by atoms with Crippen molar-refractivity contribution < 1.29 is 24.0 Å². The first-order valence-corrected chi connectivity index (χ1v) is 33.2. The summed E-state index contributed by atoms with van der Waals surface area (Å²) in [4.78, 5) is 68.5. The van der Waals surface area contributed by atoms with Gasteiger partial charge in [-0.2, -0.15) is 0 Å². The second-order valence-electron chi connectivity index (χ2n) is 21.0. The lowest BCUT2D eigenvalue weighted by Gasteiger charge is -2.18. The average Bonchev–Trinajstić information content (AvgIpc) is 3.99. The molecule has 460 valence electrons. The van der Waals surface area contributed by atoms with Crippen LogP contribution >= 0.6 is 95.6 Å². The lowest BCUT2D eigenvalue weighted by atomic mass is 10.1. The van der Waals surface area contributed by atoms with Crippen LogP contribution in [0.4, 0.5) is 34.1 Å². The fourth-order valence-electron chi connectivity index (χ4n) is 7.69. The molecule has 6 aromatic carbocycles. The van der Waals surface area contributed by atoms with Gasteiger partial charge in [-0.3, -0.25) is 24.0 Å². The van der Waals surface area contributed by atoms with Crippen LogP contribution in [0.25, 0.3) is 0 Å². The first-order valence-electron chi connectivity index (χ1n) is 28.5. The number of benzene rings is 6. The Kier molecular flexibility index (Phi) is 37.0. The molecule has 0 spiro atoms. The molecule has 5 amide bonds. The van der Waals surface area contributed by atoms with Crippen LogP contribution in [0.5, 0.6) is 0 Å². The third-order valence-corrected chi connectivity index (χ3v) is 16.3. The Morgan fingerprint density at radius 1 is 0.435 bits per heavy atom.